The summed E-state index contributed by atoms with van der Waals surface area (Å²) < 4.78 is 28.2. The summed E-state index contributed by atoms with van der Waals surface area (Å²) in [5.41, 5.74) is 0.0206. The van der Waals surface area contributed by atoms with Crippen molar-refractivity contribution in [2.75, 3.05) is 11.5 Å². The summed E-state index contributed by atoms with van der Waals surface area (Å²) in [5, 5.41) is 22.7. The molecule has 2 atom stereocenters. The van der Waals surface area contributed by atoms with Crippen LogP contribution in [0.1, 0.15) is 10.4 Å². The second kappa shape index (κ2) is 8.67. The van der Waals surface area contributed by atoms with Crippen LogP contribution >= 0.6 is 35.1 Å². The van der Waals surface area contributed by atoms with Gasteiger partial charge in [0.05, 0.1) is 10.6 Å². The molecule has 2 aliphatic heterocycles. The van der Waals surface area contributed by atoms with Crippen molar-refractivity contribution in [3.63, 3.8) is 0 Å². The number of hydrogen-bond donors (Lipinski definition) is 2. The molecule has 2 N–H and O–H groups in total. The fourth-order valence-electron chi connectivity index (χ4n) is 3.21. The molecule has 168 valence electrons. The quantitative estimate of drug-likeness (QED) is 0.341. The zero-order valence-electron chi connectivity index (χ0n) is 16.1. The first-order chi connectivity index (χ1) is 15.2. The lowest BCUT2D eigenvalue weighted by Gasteiger charge is -2.49. The molecule has 1 fully saturated rings. The van der Waals surface area contributed by atoms with E-state index in [1.807, 2.05) is 0 Å². The number of tetrazole rings is 1. The van der Waals surface area contributed by atoms with Crippen LogP contribution in [0.25, 0.3) is 0 Å². The maximum Gasteiger partial charge on any atom is 0.352 e. The number of rotatable bonds is 6. The monoisotopic (exact) mass is 502 g/mol. The molecule has 1 aromatic heterocycles. The first-order valence-electron chi connectivity index (χ1n) is 8.89. The summed E-state index contributed by atoms with van der Waals surface area (Å²) >= 11 is 8.31. The number of nitrogens with one attached hydrogen (secondary N) is 1. The molecule has 2 amide bonds. The molecule has 1 saturated heterocycles. The average Bonchev–Trinajstić information content (AvgIpc) is 3.16. The Kier molecular flexibility index (Phi) is 6.09. The number of thioether (sulfide) groups is 2. The number of nitrogens with zero attached hydrogens (tertiary/aromatic N) is 5. The fourth-order valence-corrected chi connectivity index (χ4v) is 5.78. The molecule has 2 aliphatic rings. The standard InChI is InChI=1S/C17H13ClF2N6O4S2/c1-25-17(22-23-24-25)32-5-6-4-31-15-11(14(28)26(15)12(6)16(29)30)21-13(27)7-2-9(19)10(20)3-8(7)18/h2-3,11,15H,4-5H2,1H3,(H,21,27)(H,29,30)/t11-,15+/m1/s1. The Morgan fingerprint density at radius 2 is 2.09 bits per heavy atom. The van der Waals surface area contributed by atoms with E-state index < -0.39 is 40.8 Å². The maximum atomic E-state index is 13.5. The largest absolute Gasteiger partial charge is 0.477 e. The number of β-lactam (4-membered cyclic amide) rings is 1. The molecule has 0 aliphatic carbocycles. The van der Waals surface area contributed by atoms with Crippen molar-refractivity contribution in [2.24, 2.45) is 7.05 Å². The summed E-state index contributed by atoms with van der Waals surface area (Å²) in [6, 6.07) is 0.266. The minimum absolute atomic E-state index is 0.155. The van der Waals surface area contributed by atoms with Crippen LogP contribution in [0.3, 0.4) is 0 Å². The third-order valence-electron chi connectivity index (χ3n) is 4.75. The van der Waals surface area contributed by atoms with E-state index in [1.165, 1.54) is 28.2 Å². The van der Waals surface area contributed by atoms with Gasteiger partial charge in [-0.25, -0.2) is 18.3 Å². The van der Waals surface area contributed by atoms with E-state index in [-0.39, 0.29) is 22.0 Å². The zero-order chi connectivity index (χ0) is 23.2. The summed E-state index contributed by atoms with van der Waals surface area (Å²) in [5.74, 6) is -4.70. The molecule has 1 aromatic carbocycles. The van der Waals surface area contributed by atoms with E-state index in [1.54, 1.807) is 7.05 Å². The van der Waals surface area contributed by atoms with E-state index in [4.69, 9.17) is 11.6 Å². The first kappa shape index (κ1) is 22.5. The molecule has 4 rings (SSSR count). The smallest absolute Gasteiger partial charge is 0.352 e. The summed E-state index contributed by atoms with van der Waals surface area (Å²) in [7, 11) is 1.64. The minimum Gasteiger partial charge on any atom is -0.477 e. The number of carbonyl (C=O) groups excluding carboxylic acids is 2. The lowest BCUT2D eigenvalue weighted by Crippen LogP contribution is -2.70. The minimum atomic E-state index is -1.27. The van der Waals surface area contributed by atoms with Crippen molar-refractivity contribution in [1.29, 1.82) is 0 Å². The SMILES string of the molecule is Cn1nnnc1SCC1=C(C(=O)O)N2C(=O)[C@@H](NC(=O)c3cc(F)c(F)cc3Cl)[C@@H]2SC1. The van der Waals surface area contributed by atoms with E-state index in [9.17, 15) is 28.3 Å². The Morgan fingerprint density at radius 1 is 1.38 bits per heavy atom. The second-order valence-electron chi connectivity index (χ2n) is 6.74. The van der Waals surface area contributed by atoms with Gasteiger partial charge in [-0.3, -0.25) is 14.5 Å². The Hall–Kier alpha value is -2.71. The summed E-state index contributed by atoms with van der Waals surface area (Å²) in [4.78, 5) is 38.2. The second-order valence-corrected chi connectivity index (χ2v) is 9.19. The van der Waals surface area contributed by atoms with E-state index >= 15 is 0 Å². The number of carbonyl (C=O) groups is 3. The fraction of sp³-hybridized carbons (Fsp3) is 0.294. The zero-order valence-corrected chi connectivity index (χ0v) is 18.5. The molecule has 0 bridgehead atoms. The van der Waals surface area contributed by atoms with Gasteiger partial charge in [-0.15, -0.1) is 16.9 Å². The number of aliphatic carboxylic acids is 1. The van der Waals surface area contributed by atoms with Gasteiger partial charge in [0.2, 0.25) is 5.16 Å². The Balaban J connectivity index is 1.51. The third-order valence-corrected chi connectivity index (χ3v) is 7.50. The van der Waals surface area contributed by atoms with Crippen LogP contribution in [0.2, 0.25) is 5.02 Å². The van der Waals surface area contributed by atoms with Gasteiger partial charge < -0.3 is 10.4 Å². The predicted octanol–water partition coefficient (Wildman–Crippen LogP) is 1.29. The first-order valence-corrected chi connectivity index (χ1v) is 11.3. The maximum absolute atomic E-state index is 13.5. The number of amides is 2. The molecule has 15 heteroatoms. The molecular weight excluding hydrogens is 490 g/mol. The van der Waals surface area contributed by atoms with Crippen molar-refractivity contribution in [2.45, 2.75) is 16.6 Å². The van der Waals surface area contributed by atoms with Crippen molar-refractivity contribution in [3.05, 3.63) is 45.6 Å². The average molecular weight is 503 g/mol. The lowest BCUT2D eigenvalue weighted by atomic mass is 10.0. The van der Waals surface area contributed by atoms with Crippen molar-refractivity contribution in [1.82, 2.24) is 30.4 Å². The highest BCUT2D eigenvalue weighted by atomic mass is 35.5. The molecule has 0 radical (unpaired) electrons. The van der Waals surface area contributed by atoms with Crippen LogP contribution < -0.4 is 5.32 Å². The van der Waals surface area contributed by atoms with Gasteiger partial charge in [0.25, 0.3) is 11.8 Å². The number of hydrogen-bond acceptors (Lipinski definition) is 8. The van der Waals surface area contributed by atoms with Crippen molar-refractivity contribution in [3.8, 4) is 0 Å². The number of carboxylic acid groups (broad SMARTS) is 1. The van der Waals surface area contributed by atoms with Crippen LogP contribution in [-0.2, 0) is 16.6 Å². The Labute approximate surface area is 192 Å². The molecular formula is C17H13ClF2N6O4S2. The Bertz CT molecular complexity index is 1180. The number of halogens is 3. The van der Waals surface area contributed by atoms with Gasteiger partial charge >= 0.3 is 5.97 Å². The van der Waals surface area contributed by atoms with Gasteiger partial charge in [-0.05, 0) is 28.1 Å². The van der Waals surface area contributed by atoms with Crippen LogP contribution in [-0.4, -0.2) is 70.9 Å². The number of aromatic nitrogens is 4. The van der Waals surface area contributed by atoms with Crippen LogP contribution in [0.5, 0.6) is 0 Å². The topological polar surface area (TPSA) is 130 Å². The molecule has 32 heavy (non-hydrogen) atoms. The van der Waals surface area contributed by atoms with Gasteiger partial charge in [-0.1, -0.05) is 23.4 Å². The van der Waals surface area contributed by atoms with Crippen LogP contribution in [0.4, 0.5) is 8.78 Å². The third kappa shape index (κ3) is 3.93. The highest BCUT2D eigenvalue weighted by molar-refractivity contribution is 8.01. The molecule has 0 saturated carbocycles. The molecule has 10 nitrogen and oxygen atoms in total. The van der Waals surface area contributed by atoms with E-state index in [0.717, 1.165) is 4.90 Å². The van der Waals surface area contributed by atoms with Crippen LogP contribution in [0, 0.1) is 11.6 Å². The van der Waals surface area contributed by atoms with Crippen LogP contribution in [0.15, 0.2) is 28.6 Å². The highest BCUT2D eigenvalue weighted by Gasteiger charge is 2.54. The predicted molar refractivity (Wildman–Crippen MR) is 110 cm³/mol. The number of aryl methyl sites for hydroxylation is 1. The summed E-state index contributed by atoms with van der Waals surface area (Å²) in [6.07, 6.45) is 0. The van der Waals surface area contributed by atoms with Gasteiger partial charge in [0.15, 0.2) is 11.6 Å². The number of carboxylic acids is 1. The van der Waals surface area contributed by atoms with E-state index in [0.29, 0.717) is 28.6 Å². The molecule has 0 spiro atoms. The summed E-state index contributed by atoms with van der Waals surface area (Å²) in [6.45, 7) is 0. The van der Waals surface area contributed by atoms with Gasteiger partial charge in [0, 0.05) is 18.6 Å². The van der Waals surface area contributed by atoms with Gasteiger partial charge in [0.1, 0.15) is 17.1 Å². The number of fused-ring (bicyclic) bond motifs is 1. The normalized spacial score (nSPS) is 20.1. The highest BCUT2D eigenvalue weighted by Crippen LogP contribution is 2.41. The van der Waals surface area contributed by atoms with E-state index in [2.05, 4.69) is 20.8 Å². The lowest BCUT2D eigenvalue weighted by molar-refractivity contribution is -0.148. The Morgan fingerprint density at radius 3 is 2.75 bits per heavy atom. The van der Waals surface area contributed by atoms with Crippen molar-refractivity contribution >= 4 is 52.9 Å². The molecule has 2 aromatic rings. The number of benzene rings is 1. The molecule has 3 heterocycles. The molecule has 0 unspecified atom stereocenters. The van der Waals surface area contributed by atoms with Crippen molar-refractivity contribution < 1.29 is 28.3 Å². The van der Waals surface area contributed by atoms with Gasteiger partial charge in [-0.2, -0.15) is 0 Å².